The van der Waals surface area contributed by atoms with E-state index in [4.69, 9.17) is 9.97 Å². The lowest BCUT2D eigenvalue weighted by Gasteiger charge is -2.21. The Hall–Kier alpha value is -1.74. The number of aryl methyl sites for hydroxylation is 1. The zero-order chi connectivity index (χ0) is 14.8. The van der Waals surface area contributed by atoms with Gasteiger partial charge in [0.15, 0.2) is 0 Å². The fourth-order valence-electron chi connectivity index (χ4n) is 2.98. The monoisotopic (exact) mass is 281 g/mol. The number of nitrogens with zero attached hydrogens (tertiary/aromatic N) is 2. The van der Waals surface area contributed by atoms with E-state index in [9.17, 15) is 0 Å². The average molecular weight is 281 g/mol. The van der Waals surface area contributed by atoms with Crippen LogP contribution < -0.4 is 5.32 Å². The summed E-state index contributed by atoms with van der Waals surface area (Å²) in [5.41, 5.74) is 6.37. The topological polar surface area (TPSA) is 37.8 Å². The molecule has 0 aliphatic carbocycles. The summed E-state index contributed by atoms with van der Waals surface area (Å²) < 4.78 is 0. The molecule has 0 bridgehead atoms. The van der Waals surface area contributed by atoms with Crippen molar-refractivity contribution < 1.29 is 0 Å². The number of hydrogen-bond acceptors (Lipinski definition) is 3. The molecule has 1 aliphatic rings. The van der Waals surface area contributed by atoms with Crippen molar-refractivity contribution in [3.8, 4) is 0 Å². The summed E-state index contributed by atoms with van der Waals surface area (Å²) in [6, 6.07) is 8.62. The number of rotatable bonds is 3. The number of benzene rings is 1. The van der Waals surface area contributed by atoms with E-state index >= 15 is 0 Å². The molecule has 1 aromatic heterocycles. The quantitative estimate of drug-likeness (QED) is 0.939. The summed E-state index contributed by atoms with van der Waals surface area (Å²) in [6.45, 7) is 8.49. The molecule has 0 amide bonds. The van der Waals surface area contributed by atoms with Crippen molar-refractivity contribution in [1.29, 1.82) is 0 Å². The molecule has 0 unspecified atom stereocenters. The number of fused-ring (bicyclic) bond motifs is 1. The average Bonchev–Trinajstić information content (AvgIpc) is 2.46. The highest BCUT2D eigenvalue weighted by Crippen LogP contribution is 2.23. The summed E-state index contributed by atoms with van der Waals surface area (Å²) >= 11 is 0. The van der Waals surface area contributed by atoms with Crippen LogP contribution >= 0.6 is 0 Å². The van der Waals surface area contributed by atoms with Crippen molar-refractivity contribution in [2.45, 2.75) is 46.1 Å². The molecule has 3 heteroatoms. The van der Waals surface area contributed by atoms with Crippen LogP contribution in [0.3, 0.4) is 0 Å². The molecule has 0 saturated carbocycles. The van der Waals surface area contributed by atoms with Crippen molar-refractivity contribution in [3.05, 3.63) is 58.2 Å². The molecule has 3 nitrogen and oxygen atoms in total. The maximum absolute atomic E-state index is 4.86. The van der Waals surface area contributed by atoms with Crippen LogP contribution in [0.15, 0.2) is 24.3 Å². The molecule has 0 spiro atoms. The summed E-state index contributed by atoms with van der Waals surface area (Å²) in [4.78, 5) is 9.69. The fourth-order valence-corrected chi connectivity index (χ4v) is 2.98. The van der Waals surface area contributed by atoms with Gasteiger partial charge in [0, 0.05) is 31.5 Å². The zero-order valence-corrected chi connectivity index (χ0v) is 13.1. The van der Waals surface area contributed by atoms with Gasteiger partial charge in [-0.15, -0.1) is 0 Å². The molecule has 1 aliphatic heterocycles. The summed E-state index contributed by atoms with van der Waals surface area (Å²) in [5, 5.41) is 3.43. The minimum absolute atomic E-state index is 0.443. The van der Waals surface area contributed by atoms with Crippen LogP contribution in [0, 0.1) is 6.92 Å². The Morgan fingerprint density at radius 1 is 1.24 bits per heavy atom. The van der Waals surface area contributed by atoms with Crippen molar-refractivity contribution in [2.75, 3.05) is 6.54 Å². The third-order valence-electron chi connectivity index (χ3n) is 4.00. The summed E-state index contributed by atoms with van der Waals surface area (Å²) in [7, 11) is 0. The van der Waals surface area contributed by atoms with Crippen LogP contribution in [0.25, 0.3) is 0 Å². The SMILES string of the molecule is Cc1cccc(Cc2nc3c(c(C(C)C)n2)CNCC3)c1. The Morgan fingerprint density at radius 3 is 2.86 bits per heavy atom. The van der Waals surface area contributed by atoms with Gasteiger partial charge in [0.25, 0.3) is 0 Å². The van der Waals surface area contributed by atoms with E-state index in [0.29, 0.717) is 5.92 Å². The van der Waals surface area contributed by atoms with Crippen LogP contribution in [-0.4, -0.2) is 16.5 Å². The highest BCUT2D eigenvalue weighted by molar-refractivity contribution is 5.32. The van der Waals surface area contributed by atoms with E-state index in [1.807, 2.05) is 0 Å². The molecule has 0 saturated heterocycles. The van der Waals surface area contributed by atoms with Gasteiger partial charge in [-0.2, -0.15) is 0 Å². The van der Waals surface area contributed by atoms with Gasteiger partial charge >= 0.3 is 0 Å². The first kappa shape index (κ1) is 14.2. The lowest BCUT2D eigenvalue weighted by Crippen LogP contribution is -2.27. The van der Waals surface area contributed by atoms with E-state index in [0.717, 1.165) is 31.8 Å². The van der Waals surface area contributed by atoms with Crippen molar-refractivity contribution in [1.82, 2.24) is 15.3 Å². The van der Waals surface area contributed by atoms with Gasteiger partial charge in [0.05, 0.1) is 11.4 Å². The van der Waals surface area contributed by atoms with Crippen LogP contribution in [0.1, 0.15) is 53.7 Å². The molecule has 2 aromatic rings. The second kappa shape index (κ2) is 5.94. The first-order chi connectivity index (χ1) is 10.1. The summed E-state index contributed by atoms with van der Waals surface area (Å²) in [5.74, 6) is 1.41. The molecule has 0 atom stereocenters. The van der Waals surface area contributed by atoms with Gasteiger partial charge in [-0.3, -0.25) is 0 Å². The second-order valence-electron chi connectivity index (χ2n) is 6.20. The third-order valence-corrected chi connectivity index (χ3v) is 4.00. The van der Waals surface area contributed by atoms with Crippen LogP contribution in [-0.2, 0) is 19.4 Å². The molecule has 1 N–H and O–H groups in total. The Morgan fingerprint density at radius 2 is 2.10 bits per heavy atom. The maximum atomic E-state index is 4.86. The lowest BCUT2D eigenvalue weighted by molar-refractivity contribution is 0.602. The highest BCUT2D eigenvalue weighted by atomic mass is 15.0. The lowest BCUT2D eigenvalue weighted by atomic mass is 9.98. The van der Waals surface area contributed by atoms with Crippen molar-refractivity contribution in [2.24, 2.45) is 0 Å². The maximum Gasteiger partial charge on any atom is 0.133 e. The Labute approximate surface area is 126 Å². The molecular weight excluding hydrogens is 258 g/mol. The molecule has 0 fully saturated rings. The third kappa shape index (κ3) is 3.13. The van der Waals surface area contributed by atoms with Gasteiger partial charge in [-0.1, -0.05) is 43.7 Å². The van der Waals surface area contributed by atoms with Crippen molar-refractivity contribution in [3.63, 3.8) is 0 Å². The van der Waals surface area contributed by atoms with Gasteiger partial charge in [-0.25, -0.2) is 9.97 Å². The van der Waals surface area contributed by atoms with Gasteiger partial charge in [-0.05, 0) is 18.4 Å². The van der Waals surface area contributed by atoms with Gasteiger partial charge < -0.3 is 5.32 Å². The molecule has 1 aromatic carbocycles. The standard InChI is InChI=1S/C18H23N3/c1-12(2)18-15-11-19-8-7-16(15)20-17(21-18)10-14-6-4-5-13(3)9-14/h4-6,9,12,19H,7-8,10-11H2,1-3H3. The Bertz CT molecular complexity index is 647. The summed E-state index contributed by atoms with van der Waals surface area (Å²) in [6.07, 6.45) is 1.83. The van der Waals surface area contributed by atoms with Crippen LogP contribution in [0.5, 0.6) is 0 Å². The normalized spacial score (nSPS) is 14.3. The Balaban J connectivity index is 1.97. The van der Waals surface area contributed by atoms with E-state index < -0.39 is 0 Å². The minimum Gasteiger partial charge on any atom is -0.312 e. The molecule has 2 heterocycles. The Kier molecular flexibility index (Phi) is 4.02. The molecule has 3 rings (SSSR count). The van der Waals surface area contributed by atoms with Crippen molar-refractivity contribution >= 4 is 0 Å². The molecule has 110 valence electrons. The number of hydrogen-bond donors (Lipinski definition) is 1. The fraction of sp³-hybridized carbons (Fsp3) is 0.444. The highest BCUT2D eigenvalue weighted by Gasteiger charge is 2.19. The van der Waals surface area contributed by atoms with Gasteiger partial charge in [0.1, 0.15) is 5.82 Å². The van der Waals surface area contributed by atoms with Gasteiger partial charge in [0.2, 0.25) is 0 Å². The zero-order valence-electron chi connectivity index (χ0n) is 13.1. The minimum atomic E-state index is 0.443. The first-order valence-electron chi connectivity index (χ1n) is 7.78. The molecule has 21 heavy (non-hydrogen) atoms. The predicted molar refractivity (Wildman–Crippen MR) is 85.5 cm³/mol. The first-order valence-corrected chi connectivity index (χ1v) is 7.78. The van der Waals surface area contributed by atoms with Crippen LogP contribution in [0.2, 0.25) is 0 Å². The predicted octanol–water partition coefficient (Wildman–Crippen LogP) is 3.14. The largest absolute Gasteiger partial charge is 0.312 e. The van der Waals surface area contributed by atoms with E-state index in [1.165, 1.54) is 28.1 Å². The van der Waals surface area contributed by atoms with Crippen LogP contribution in [0.4, 0.5) is 0 Å². The number of nitrogens with one attached hydrogen (secondary N) is 1. The van der Waals surface area contributed by atoms with E-state index in [2.05, 4.69) is 50.4 Å². The van der Waals surface area contributed by atoms with E-state index in [1.54, 1.807) is 0 Å². The second-order valence-corrected chi connectivity index (χ2v) is 6.20. The smallest absolute Gasteiger partial charge is 0.133 e. The number of aromatic nitrogens is 2. The molecular formula is C18H23N3. The molecule has 0 radical (unpaired) electrons. The van der Waals surface area contributed by atoms with E-state index in [-0.39, 0.29) is 0 Å².